The van der Waals surface area contributed by atoms with E-state index >= 15 is 0 Å². The van der Waals surface area contributed by atoms with Crippen LogP contribution in [0.15, 0.2) is 18.2 Å². The summed E-state index contributed by atoms with van der Waals surface area (Å²) in [6, 6.07) is 5.54. The average Bonchev–Trinajstić information content (AvgIpc) is 2.20. The lowest BCUT2D eigenvalue weighted by Crippen LogP contribution is -2.33. The van der Waals surface area contributed by atoms with Gasteiger partial charge in [0.25, 0.3) is 0 Å². The first-order valence-corrected chi connectivity index (χ1v) is 5.59. The highest BCUT2D eigenvalue weighted by Gasteiger charge is 2.13. The van der Waals surface area contributed by atoms with E-state index in [1.54, 1.807) is 6.92 Å². The van der Waals surface area contributed by atoms with Crippen LogP contribution in [0.25, 0.3) is 0 Å². The van der Waals surface area contributed by atoms with Crippen LogP contribution in [0.3, 0.4) is 0 Å². The van der Waals surface area contributed by atoms with Gasteiger partial charge in [-0.2, -0.15) is 0 Å². The van der Waals surface area contributed by atoms with Crippen molar-refractivity contribution in [2.45, 2.75) is 39.7 Å². The Labute approximate surface area is 109 Å². The number of rotatable bonds is 3. The molecule has 0 aromatic heterocycles. The Morgan fingerprint density at radius 3 is 2.35 bits per heavy atom. The van der Waals surface area contributed by atoms with Crippen molar-refractivity contribution in [3.05, 3.63) is 29.3 Å². The highest BCUT2D eigenvalue weighted by atomic mass is 35.5. The number of para-hydroxylation sites is 1. The Kier molecular flexibility index (Phi) is 6.21. The second-order valence-electron chi connectivity index (χ2n) is 4.47. The second kappa shape index (κ2) is 6.62. The van der Waals surface area contributed by atoms with Gasteiger partial charge in [0, 0.05) is 5.69 Å². The van der Waals surface area contributed by atoms with Gasteiger partial charge in [-0.05, 0) is 30.9 Å². The zero-order chi connectivity index (χ0) is 12.3. The molecule has 17 heavy (non-hydrogen) atoms. The van der Waals surface area contributed by atoms with E-state index in [0.29, 0.717) is 5.92 Å². The van der Waals surface area contributed by atoms with E-state index in [4.69, 9.17) is 5.73 Å². The van der Waals surface area contributed by atoms with Crippen molar-refractivity contribution in [1.82, 2.24) is 0 Å². The van der Waals surface area contributed by atoms with Crippen LogP contribution in [-0.4, -0.2) is 11.9 Å². The van der Waals surface area contributed by atoms with Crippen molar-refractivity contribution in [1.29, 1.82) is 0 Å². The maximum Gasteiger partial charge on any atom is 0.241 e. The molecule has 0 spiro atoms. The minimum atomic E-state index is -0.486. The monoisotopic (exact) mass is 256 g/mol. The highest BCUT2D eigenvalue weighted by Crippen LogP contribution is 2.27. The molecule has 1 aromatic carbocycles. The van der Waals surface area contributed by atoms with Gasteiger partial charge in [-0.3, -0.25) is 4.79 Å². The van der Waals surface area contributed by atoms with Crippen molar-refractivity contribution in [3.63, 3.8) is 0 Å². The van der Waals surface area contributed by atoms with Gasteiger partial charge < -0.3 is 11.1 Å². The molecule has 0 saturated heterocycles. The Balaban J connectivity index is 0.00000256. The van der Waals surface area contributed by atoms with Gasteiger partial charge in [0.15, 0.2) is 0 Å². The second-order valence-corrected chi connectivity index (χ2v) is 4.47. The van der Waals surface area contributed by atoms with Gasteiger partial charge in [0.1, 0.15) is 0 Å². The highest BCUT2D eigenvalue weighted by molar-refractivity contribution is 5.95. The summed E-state index contributed by atoms with van der Waals surface area (Å²) in [5.74, 6) is 0.236. The first kappa shape index (κ1) is 15.9. The molecule has 0 saturated carbocycles. The van der Waals surface area contributed by atoms with Crippen LogP contribution in [0.4, 0.5) is 5.69 Å². The molecular formula is C13H21ClN2O. The number of hydrogen-bond donors (Lipinski definition) is 2. The molecule has 0 aliphatic carbocycles. The molecule has 1 amide bonds. The van der Waals surface area contributed by atoms with E-state index in [9.17, 15) is 4.79 Å². The predicted octanol–water partition coefficient (Wildman–Crippen LogP) is 2.83. The molecular weight excluding hydrogens is 236 g/mol. The van der Waals surface area contributed by atoms with Crippen molar-refractivity contribution in [2.75, 3.05) is 5.32 Å². The van der Waals surface area contributed by atoms with Crippen molar-refractivity contribution in [2.24, 2.45) is 5.73 Å². The van der Waals surface area contributed by atoms with E-state index in [1.807, 2.05) is 25.1 Å². The number of amides is 1. The van der Waals surface area contributed by atoms with Crippen LogP contribution in [0, 0.1) is 6.92 Å². The number of carbonyl (C=O) groups is 1. The topological polar surface area (TPSA) is 55.1 Å². The maximum atomic E-state index is 11.6. The molecule has 0 fully saturated rings. The Morgan fingerprint density at radius 2 is 1.88 bits per heavy atom. The first-order chi connectivity index (χ1) is 7.43. The molecule has 4 heteroatoms. The van der Waals surface area contributed by atoms with E-state index in [2.05, 4.69) is 19.2 Å². The van der Waals surface area contributed by atoms with E-state index in [0.717, 1.165) is 16.8 Å². The van der Waals surface area contributed by atoms with Gasteiger partial charge in [-0.25, -0.2) is 0 Å². The van der Waals surface area contributed by atoms with Crippen LogP contribution in [0.5, 0.6) is 0 Å². The van der Waals surface area contributed by atoms with E-state index in [1.165, 1.54) is 0 Å². The summed E-state index contributed by atoms with van der Waals surface area (Å²) < 4.78 is 0. The van der Waals surface area contributed by atoms with Crippen molar-refractivity contribution < 1.29 is 4.79 Å². The third-order valence-corrected chi connectivity index (χ3v) is 2.59. The zero-order valence-electron chi connectivity index (χ0n) is 10.8. The fourth-order valence-corrected chi connectivity index (χ4v) is 1.58. The maximum absolute atomic E-state index is 11.6. The Hall–Kier alpha value is -1.06. The molecule has 1 rings (SSSR count). The Bertz CT molecular complexity index is 389. The third-order valence-electron chi connectivity index (χ3n) is 2.59. The smallest absolute Gasteiger partial charge is 0.241 e. The number of nitrogens with one attached hydrogen (secondary N) is 1. The van der Waals surface area contributed by atoms with Crippen LogP contribution in [-0.2, 0) is 4.79 Å². The molecule has 0 heterocycles. The predicted molar refractivity (Wildman–Crippen MR) is 74.8 cm³/mol. The van der Waals surface area contributed by atoms with Gasteiger partial charge in [0.05, 0.1) is 6.04 Å². The lowest BCUT2D eigenvalue weighted by Gasteiger charge is -2.17. The lowest BCUT2D eigenvalue weighted by molar-refractivity contribution is -0.117. The molecule has 96 valence electrons. The third kappa shape index (κ3) is 4.02. The number of carbonyl (C=O) groups excluding carboxylic acids is 1. The zero-order valence-corrected chi connectivity index (χ0v) is 11.6. The number of anilines is 1. The van der Waals surface area contributed by atoms with Crippen LogP contribution in [0.1, 0.15) is 37.8 Å². The number of nitrogens with two attached hydrogens (primary N) is 1. The van der Waals surface area contributed by atoms with Gasteiger partial charge >= 0.3 is 0 Å². The number of aryl methyl sites for hydroxylation is 1. The van der Waals surface area contributed by atoms with Gasteiger partial charge in [0.2, 0.25) is 5.91 Å². The molecule has 3 nitrogen and oxygen atoms in total. The first-order valence-electron chi connectivity index (χ1n) is 5.59. The summed E-state index contributed by atoms with van der Waals surface area (Å²) >= 11 is 0. The van der Waals surface area contributed by atoms with Gasteiger partial charge in [-0.1, -0.05) is 32.0 Å². The number of hydrogen-bond acceptors (Lipinski definition) is 2. The van der Waals surface area contributed by atoms with Crippen LogP contribution < -0.4 is 11.1 Å². The summed E-state index contributed by atoms with van der Waals surface area (Å²) in [4.78, 5) is 11.6. The quantitative estimate of drug-likeness (QED) is 0.874. The minimum Gasteiger partial charge on any atom is -0.324 e. The lowest BCUT2D eigenvalue weighted by atomic mass is 9.98. The standard InChI is InChI=1S/C13H20N2O.ClH/c1-8(2)11-7-5-6-9(3)12(11)15-13(16)10(4)14;/h5-8,10H,14H2,1-4H3,(H,15,16);1H/t10-;/m0./s1. The molecule has 0 aliphatic heterocycles. The summed E-state index contributed by atoms with van der Waals surface area (Å²) in [6.07, 6.45) is 0. The van der Waals surface area contributed by atoms with E-state index in [-0.39, 0.29) is 18.3 Å². The molecule has 1 aromatic rings. The Morgan fingerprint density at radius 1 is 1.29 bits per heavy atom. The molecule has 0 unspecified atom stereocenters. The molecule has 0 radical (unpaired) electrons. The fourth-order valence-electron chi connectivity index (χ4n) is 1.58. The molecule has 3 N–H and O–H groups in total. The van der Waals surface area contributed by atoms with Crippen molar-refractivity contribution in [3.8, 4) is 0 Å². The summed E-state index contributed by atoms with van der Waals surface area (Å²) in [5.41, 5.74) is 8.67. The van der Waals surface area contributed by atoms with Crippen molar-refractivity contribution >= 4 is 24.0 Å². The number of benzene rings is 1. The fraction of sp³-hybridized carbons (Fsp3) is 0.462. The van der Waals surface area contributed by atoms with Gasteiger partial charge in [-0.15, -0.1) is 12.4 Å². The molecule has 0 aliphatic rings. The molecule has 1 atom stereocenters. The summed E-state index contributed by atoms with van der Waals surface area (Å²) in [5, 5.41) is 2.90. The summed E-state index contributed by atoms with van der Waals surface area (Å²) in [7, 11) is 0. The summed E-state index contributed by atoms with van der Waals surface area (Å²) in [6.45, 7) is 7.89. The molecule has 0 bridgehead atoms. The average molecular weight is 257 g/mol. The van der Waals surface area contributed by atoms with Crippen LogP contribution in [0.2, 0.25) is 0 Å². The largest absolute Gasteiger partial charge is 0.324 e. The minimum absolute atomic E-state index is 0. The van der Waals surface area contributed by atoms with Crippen LogP contribution >= 0.6 is 12.4 Å². The SMILES string of the molecule is Cc1cccc(C(C)C)c1NC(=O)[C@H](C)N.Cl. The number of halogens is 1. The van der Waals surface area contributed by atoms with E-state index < -0.39 is 6.04 Å². The normalized spacial score (nSPS) is 11.9.